The SMILES string of the molecule is C=C(O)CC(C)(O)CCCC. The van der Waals surface area contributed by atoms with Crippen molar-refractivity contribution in [1.82, 2.24) is 0 Å². The van der Waals surface area contributed by atoms with Crippen molar-refractivity contribution in [3.05, 3.63) is 12.3 Å². The molecular formula is C9H18O2. The Hall–Kier alpha value is -0.500. The maximum Gasteiger partial charge on any atom is 0.0879 e. The lowest BCUT2D eigenvalue weighted by molar-refractivity contribution is 0.0393. The Morgan fingerprint density at radius 2 is 2.09 bits per heavy atom. The Labute approximate surface area is 68.6 Å². The minimum absolute atomic E-state index is 0.0612. The molecule has 2 N–H and O–H groups in total. The van der Waals surface area contributed by atoms with Crippen LogP contribution in [0.15, 0.2) is 12.3 Å². The number of hydrogen-bond acceptors (Lipinski definition) is 2. The Kier molecular flexibility index (Phi) is 4.19. The number of rotatable bonds is 5. The second-order valence-electron chi connectivity index (χ2n) is 3.34. The summed E-state index contributed by atoms with van der Waals surface area (Å²) >= 11 is 0. The maximum absolute atomic E-state index is 9.60. The van der Waals surface area contributed by atoms with Gasteiger partial charge in [0.25, 0.3) is 0 Å². The van der Waals surface area contributed by atoms with Crippen LogP contribution < -0.4 is 0 Å². The summed E-state index contributed by atoms with van der Waals surface area (Å²) in [7, 11) is 0. The van der Waals surface area contributed by atoms with Crippen molar-refractivity contribution in [1.29, 1.82) is 0 Å². The predicted molar refractivity (Wildman–Crippen MR) is 46.5 cm³/mol. The van der Waals surface area contributed by atoms with E-state index < -0.39 is 5.60 Å². The molecule has 0 aromatic heterocycles. The molecule has 0 rings (SSSR count). The van der Waals surface area contributed by atoms with Gasteiger partial charge in [-0.1, -0.05) is 26.3 Å². The van der Waals surface area contributed by atoms with Crippen molar-refractivity contribution in [2.75, 3.05) is 0 Å². The fourth-order valence-corrected chi connectivity index (χ4v) is 1.09. The van der Waals surface area contributed by atoms with Crippen molar-refractivity contribution in [2.24, 2.45) is 0 Å². The van der Waals surface area contributed by atoms with E-state index in [4.69, 9.17) is 5.11 Å². The average molecular weight is 158 g/mol. The average Bonchev–Trinajstić information content (AvgIpc) is 1.81. The number of unbranched alkanes of at least 4 members (excludes halogenated alkanes) is 1. The van der Waals surface area contributed by atoms with E-state index in [-0.39, 0.29) is 12.2 Å². The third-order valence-corrected chi connectivity index (χ3v) is 1.65. The van der Waals surface area contributed by atoms with Crippen LogP contribution in [-0.4, -0.2) is 15.8 Å². The highest BCUT2D eigenvalue weighted by molar-refractivity contribution is 4.89. The molecule has 1 unspecified atom stereocenters. The topological polar surface area (TPSA) is 40.5 Å². The first kappa shape index (κ1) is 10.5. The molecule has 0 heterocycles. The van der Waals surface area contributed by atoms with E-state index in [9.17, 15) is 5.11 Å². The Morgan fingerprint density at radius 1 is 1.55 bits per heavy atom. The van der Waals surface area contributed by atoms with E-state index in [2.05, 4.69) is 13.5 Å². The van der Waals surface area contributed by atoms with Gasteiger partial charge in [-0.25, -0.2) is 0 Å². The first-order valence-corrected chi connectivity index (χ1v) is 4.07. The lowest BCUT2D eigenvalue weighted by atomic mass is 9.95. The van der Waals surface area contributed by atoms with Crippen LogP contribution in [0.3, 0.4) is 0 Å². The molecule has 0 amide bonds. The summed E-state index contributed by atoms with van der Waals surface area (Å²) in [5.41, 5.74) is -0.776. The lowest BCUT2D eigenvalue weighted by Gasteiger charge is -2.21. The highest BCUT2D eigenvalue weighted by Gasteiger charge is 2.20. The van der Waals surface area contributed by atoms with Gasteiger partial charge in [-0.15, -0.1) is 0 Å². The summed E-state index contributed by atoms with van der Waals surface area (Å²) in [6, 6.07) is 0. The quantitative estimate of drug-likeness (QED) is 0.603. The molecule has 11 heavy (non-hydrogen) atoms. The third-order valence-electron chi connectivity index (χ3n) is 1.65. The Morgan fingerprint density at radius 3 is 2.45 bits per heavy atom. The maximum atomic E-state index is 9.60. The first-order chi connectivity index (χ1) is 4.98. The van der Waals surface area contributed by atoms with Gasteiger partial charge < -0.3 is 10.2 Å². The summed E-state index contributed by atoms with van der Waals surface area (Å²) in [6.45, 7) is 7.14. The number of aliphatic hydroxyl groups is 2. The van der Waals surface area contributed by atoms with Gasteiger partial charge in [0.2, 0.25) is 0 Å². The van der Waals surface area contributed by atoms with Crippen molar-refractivity contribution < 1.29 is 10.2 Å². The minimum atomic E-state index is -0.776. The van der Waals surface area contributed by atoms with Gasteiger partial charge in [0, 0.05) is 6.42 Å². The summed E-state index contributed by atoms with van der Waals surface area (Å²) < 4.78 is 0. The van der Waals surface area contributed by atoms with Gasteiger partial charge in [-0.2, -0.15) is 0 Å². The van der Waals surface area contributed by atoms with Gasteiger partial charge >= 0.3 is 0 Å². The number of aliphatic hydroxyl groups excluding tert-OH is 1. The second-order valence-corrected chi connectivity index (χ2v) is 3.34. The van der Waals surface area contributed by atoms with E-state index >= 15 is 0 Å². The molecule has 0 aliphatic carbocycles. The molecule has 2 nitrogen and oxygen atoms in total. The molecule has 1 atom stereocenters. The molecule has 0 saturated heterocycles. The van der Waals surface area contributed by atoms with Crippen molar-refractivity contribution >= 4 is 0 Å². The van der Waals surface area contributed by atoms with Crippen LogP contribution in [0.2, 0.25) is 0 Å². The standard InChI is InChI=1S/C9H18O2/c1-4-5-6-9(3,11)7-8(2)10/h10-11H,2,4-7H2,1,3H3. The summed E-state index contributed by atoms with van der Waals surface area (Å²) in [4.78, 5) is 0. The molecule has 0 radical (unpaired) electrons. The minimum Gasteiger partial charge on any atom is -0.513 e. The second kappa shape index (κ2) is 4.39. The zero-order valence-electron chi connectivity index (χ0n) is 7.43. The van der Waals surface area contributed by atoms with Crippen LogP contribution in [0, 0.1) is 0 Å². The van der Waals surface area contributed by atoms with E-state index in [0.717, 1.165) is 19.3 Å². The molecule has 2 heteroatoms. The normalized spacial score (nSPS) is 15.9. The summed E-state index contributed by atoms with van der Waals surface area (Å²) in [5, 5.41) is 18.4. The number of hydrogen-bond donors (Lipinski definition) is 2. The van der Waals surface area contributed by atoms with Crippen LogP contribution in [0.4, 0.5) is 0 Å². The van der Waals surface area contributed by atoms with Crippen molar-refractivity contribution in [3.8, 4) is 0 Å². The molecule has 0 bridgehead atoms. The van der Waals surface area contributed by atoms with Gasteiger partial charge in [0.05, 0.1) is 11.4 Å². The van der Waals surface area contributed by atoms with Gasteiger partial charge in [-0.05, 0) is 13.3 Å². The lowest BCUT2D eigenvalue weighted by Crippen LogP contribution is -2.24. The molecule has 0 aromatic carbocycles. The molecule has 0 aliphatic rings. The fourth-order valence-electron chi connectivity index (χ4n) is 1.09. The smallest absolute Gasteiger partial charge is 0.0879 e. The van der Waals surface area contributed by atoms with Crippen molar-refractivity contribution in [2.45, 2.75) is 45.1 Å². The zero-order valence-corrected chi connectivity index (χ0v) is 7.43. The van der Waals surface area contributed by atoms with Gasteiger partial charge in [0.15, 0.2) is 0 Å². The molecular weight excluding hydrogens is 140 g/mol. The zero-order chi connectivity index (χ0) is 8.91. The molecule has 0 saturated carbocycles. The first-order valence-electron chi connectivity index (χ1n) is 4.07. The summed E-state index contributed by atoms with van der Waals surface area (Å²) in [6.07, 6.45) is 3.06. The van der Waals surface area contributed by atoms with Crippen LogP contribution >= 0.6 is 0 Å². The van der Waals surface area contributed by atoms with E-state index in [0.29, 0.717) is 0 Å². The van der Waals surface area contributed by atoms with E-state index in [1.165, 1.54) is 0 Å². The molecule has 0 fully saturated rings. The molecule has 0 aliphatic heterocycles. The van der Waals surface area contributed by atoms with Gasteiger partial charge in [-0.3, -0.25) is 0 Å². The third kappa shape index (κ3) is 5.92. The van der Waals surface area contributed by atoms with Crippen LogP contribution in [0.5, 0.6) is 0 Å². The van der Waals surface area contributed by atoms with Crippen molar-refractivity contribution in [3.63, 3.8) is 0 Å². The van der Waals surface area contributed by atoms with Crippen LogP contribution in [0.1, 0.15) is 39.5 Å². The van der Waals surface area contributed by atoms with E-state index in [1.54, 1.807) is 6.92 Å². The molecule has 0 spiro atoms. The predicted octanol–water partition coefficient (Wildman–Crippen LogP) is 2.39. The van der Waals surface area contributed by atoms with Crippen LogP contribution in [0.25, 0.3) is 0 Å². The molecule has 0 aromatic rings. The van der Waals surface area contributed by atoms with Crippen LogP contribution in [-0.2, 0) is 0 Å². The molecule has 66 valence electrons. The van der Waals surface area contributed by atoms with Gasteiger partial charge in [0.1, 0.15) is 0 Å². The summed E-state index contributed by atoms with van der Waals surface area (Å²) in [5.74, 6) is 0.0612. The van der Waals surface area contributed by atoms with E-state index in [1.807, 2.05) is 0 Å². The Bertz CT molecular complexity index is 128. The highest BCUT2D eigenvalue weighted by Crippen LogP contribution is 2.20. The Balaban J connectivity index is 3.70. The fraction of sp³-hybridized carbons (Fsp3) is 0.778. The largest absolute Gasteiger partial charge is 0.513 e. The monoisotopic (exact) mass is 158 g/mol. The highest BCUT2D eigenvalue weighted by atomic mass is 16.3.